The zero-order chi connectivity index (χ0) is 14.5. The molecule has 2 rings (SSSR count). The largest absolute Gasteiger partial charge is 0.506 e. The lowest BCUT2D eigenvalue weighted by molar-refractivity contribution is 0.163. The molecular weight excluding hydrogens is 350 g/mol. The second-order valence-electron chi connectivity index (χ2n) is 4.99. The van der Waals surface area contributed by atoms with Crippen LogP contribution in [-0.4, -0.2) is 36.2 Å². The predicted octanol–water partition coefficient (Wildman–Crippen LogP) is 3.94. The molecule has 3 nitrogen and oxygen atoms in total. The summed E-state index contributed by atoms with van der Waals surface area (Å²) in [5, 5.41) is 13.5. The summed E-state index contributed by atoms with van der Waals surface area (Å²) in [5.74, 6) is -0.429. The van der Waals surface area contributed by atoms with Crippen LogP contribution in [-0.2, 0) is 0 Å². The lowest BCUT2D eigenvalue weighted by Crippen LogP contribution is -2.45. The Bertz CT molecular complexity index is 482. The van der Waals surface area contributed by atoms with Gasteiger partial charge in [-0.1, -0.05) is 17.7 Å². The second-order valence-corrected chi connectivity index (χ2v) is 5.40. The van der Waals surface area contributed by atoms with Crippen LogP contribution in [0.15, 0.2) is 24.8 Å². The summed E-state index contributed by atoms with van der Waals surface area (Å²) in [6.45, 7) is 7.27. The van der Waals surface area contributed by atoms with Crippen LogP contribution >= 0.6 is 36.4 Å². The van der Waals surface area contributed by atoms with Crippen molar-refractivity contribution in [2.45, 2.75) is 18.9 Å². The Labute approximate surface area is 148 Å². The van der Waals surface area contributed by atoms with E-state index in [2.05, 4.69) is 16.8 Å². The minimum absolute atomic E-state index is 0. The van der Waals surface area contributed by atoms with E-state index in [0.717, 1.165) is 45.1 Å². The molecule has 0 aromatic heterocycles. The third-order valence-corrected chi connectivity index (χ3v) is 3.94. The molecule has 1 aliphatic rings. The van der Waals surface area contributed by atoms with Gasteiger partial charge in [-0.2, -0.15) is 0 Å². The van der Waals surface area contributed by atoms with Crippen molar-refractivity contribution in [3.05, 3.63) is 41.2 Å². The first-order chi connectivity index (χ1) is 9.63. The molecule has 22 heavy (non-hydrogen) atoms. The first-order valence-corrected chi connectivity index (χ1v) is 7.25. The SMILES string of the molecule is C=CCC[C@@H](c1cc(F)cc(Cl)c1O)N1CCNCC1.Cl.Cl. The van der Waals surface area contributed by atoms with Gasteiger partial charge in [0.1, 0.15) is 11.6 Å². The minimum atomic E-state index is -0.415. The molecular formula is C15H22Cl3FN2O. The van der Waals surface area contributed by atoms with E-state index in [1.54, 1.807) is 0 Å². The molecule has 1 aromatic carbocycles. The van der Waals surface area contributed by atoms with Crippen LogP contribution in [0.25, 0.3) is 0 Å². The normalized spacial score (nSPS) is 16.3. The lowest BCUT2D eigenvalue weighted by atomic mass is 9.98. The topological polar surface area (TPSA) is 35.5 Å². The van der Waals surface area contributed by atoms with Gasteiger partial charge in [-0.15, -0.1) is 31.4 Å². The summed E-state index contributed by atoms with van der Waals surface area (Å²) < 4.78 is 13.6. The Kier molecular flexibility index (Phi) is 10.0. The van der Waals surface area contributed by atoms with Crippen molar-refractivity contribution in [3.8, 4) is 5.75 Å². The second kappa shape index (κ2) is 10.3. The molecule has 2 N–H and O–H groups in total. The number of rotatable bonds is 5. The molecule has 1 atom stereocenters. The van der Waals surface area contributed by atoms with Gasteiger partial charge in [-0.25, -0.2) is 4.39 Å². The van der Waals surface area contributed by atoms with Gasteiger partial charge in [0.2, 0.25) is 0 Å². The van der Waals surface area contributed by atoms with Crippen LogP contribution in [0.2, 0.25) is 5.02 Å². The van der Waals surface area contributed by atoms with Gasteiger partial charge >= 0.3 is 0 Å². The van der Waals surface area contributed by atoms with Crippen LogP contribution < -0.4 is 5.32 Å². The molecule has 0 bridgehead atoms. The van der Waals surface area contributed by atoms with Gasteiger partial charge < -0.3 is 10.4 Å². The molecule has 1 aromatic rings. The van der Waals surface area contributed by atoms with Crippen LogP contribution in [0.5, 0.6) is 5.75 Å². The van der Waals surface area contributed by atoms with E-state index in [1.807, 2.05) is 6.08 Å². The molecule has 0 spiro atoms. The van der Waals surface area contributed by atoms with Gasteiger partial charge in [0, 0.05) is 37.8 Å². The molecule has 1 fully saturated rings. The first kappa shape index (κ1) is 21.5. The van der Waals surface area contributed by atoms with Crippen molar-refractivity contribution in [1.29, 1.82) is 0 Å². The van der Waals surface area contributed by atoms with E-state index in [1.165, 1.54) is 6.07 Å². The molecule has 0 saturated carbocycles. The lowest BCUT2D eigenvalue weighted by Gasteiger charge is -2.35. The molecule has 1 aliphatic heterocycles. The van der Waals surface area contributed by atoms with Crippen molar-refractivity contribution in [1.82, 2.24) is 10.2 Å². The molecule has 1 saturated heterocycles. The number of phenolic OH excluding ortho intramolecular Hbond substituents is 1. The maximum atomic E-state index is 13.6. The summed E-state index contributed by atoms with van der Waals surface area (Å²) >= 11 is 5.90. The summed E-state index contributed by atoms with van der Waals surface area (Å²) in [7, 11) is 0. The van der Waals surface area contributed by atoms with Crippen molar-refractivity contribution in [2.75, 3.05) is 26.2 Å². The average Bonchev–Trinajstić information content (AvgIpc) is 2.45. The fourth-order valence-corrected chi connectivity index (χ4v) is 2.86. The van der Waals surface area contributed by atoms with E-state index < -0.39 is 5.82 Å². The quantitative estimate of drug-likeness (QED) is 0.770. The Morgan fingerprint density at radius 2 is 2.00 bits per heavy atom. The highest BCUT2D eigenvalue weighted by Crippen LogP contribution is 2.37. The smallest absolute Gasteiger partial charge is 0.139 e. The Morgan fingerprint density at radius 1 is 1.36 bits per heavy atom. The standard InChI is InChI=1S/C15H20ClFN2O.2ClH/c1-2-3-4-14(19-7-5-18-6-8-19)12-9-11(17)10-13(16)15(12)20;;/h2,9-10,14,18,20H,1,3-8H2;2*1H/t14-;;/m0../s1. The van der Waals surface area contributed by atoms with Crippen LogP contribution in [0, 0.1) is 5.82 Å². The van der Waals surface area contributed by atoms with E-state index >= 15 is 0 Å². The first-order valence-electron chi connectivity index (χ1n) is 6.87. The van der Waals surface area contributed by atoms with E-state index in [-0.39, 0.29) is 41.6 Å². The van der Waals surface area contributed by atoms with Gasteiger partial charge in [0.25, 0.3) is 0 Å². The van der Waals surface area contributed by atoms with Gasteiger partial charge in [0.05, 0.1) is 5.02 Å². The van der Waals surface area contributed by atoms with E-state index in [9.17, 15) is 9.50 Å². The van der Waals surface area contributed by atoms with E-state index in [0.29, 0.717) is 5.56 Å². The minimum Gasteiger partial charge on any atom is -0.506 e. The maximum Gasteiger partial charge on any atom is 0.139 e. The summed E-state index contributed by atoms with van der Waals surface area (Å²) in [6, 6.07) is 2.49. The molecule has 0 aliphatic carbocycles. The number of hydrogen-bond acceptors (Lipinski definition) is 3. The number of phenols is 1. The average molecular weight is 372 g/mol. The molecule has 0 unspecified atom stereocenters. The molecule has 1 heterocycles. The number of hydrogen-bond donors (Lipinski definition) is 2. The number of aromatic hydroxyl groups is 1. The third-order valence-electron chi connectivity index (χ3n) is 3.65. The zero-order valence-electron chi connectivity index (χ0n) is 12.2. The van der Waals surface area contributed by atoms with Gasteiger partial charge in [-0.05, 0) is 25.0 Å². The third kappa shape index (κ3) is 5.28. The van der Waals surface area contributed by atoms with Gasteiger partial charge in [0.15, 0.2) is 0 Å². The van der Waals surface area contributed by atoms with Crippen molar-refractivity contribution < 1.29 is 9.50 Å². The Balaban J connectivity index is 0.00000220. The highest BCUT2D eigenvalue weighted by Gasteiger charge is 2.25. The summed E-state index contributed by atoms with van der Waals surface area (Å²) in [5.41, 5.74) is 0.568. The molecule has 7 heteroatoms. The summed E-state index contributed by atoms with van der Waals surface area (Å²) in [6.07, 6.45) is 3.44. The van der Waals surface area contributed by atoms with Gasteiger partial charge in [-0.3, -0.25) is 4.90 Å². The Morgan fingerprint density at radius 3 is 2.59 bits per heavy atom. The fraction of sp³-hybridized carbons (Fsp3) is 0.467. The highest BCUT2D eigenvalue weighted by molar-refractivity contribution is 6.32. The zero-order valence-corrected chi connectivity index (χ0v) is 14.6. The fourth-order valence-electron chi connectivity index (χ4n) is 2.64. The number of allylic oxidation sites excluding steroid dienone is 1. The molecule has 0 radical (unpaired) electrons. The maximum absolute atomic E-state index is 13.6. The summed E-state index contributed by atoms with van der Waals surface area (Å²) in [4.78, 5) is 2.25. The van der Waals surface area contributed by atoms with Crippen molar-refractivity contribution in [2.24, 2.45) is 0 Å². The number of benzene rings is 1. The highest BCUT2D eigenvalue weighted by atomic mass is 35.5. The van der Waals surface area contributed by atoms with Crippen LogP contribution in [0.1, 0.15) is 24.4 Å². The van der Waals surface area contributed by atoms with Crippen molar-refractivity contribution in [3.63, 3.8) is 0 Å². The van der Waals surface area contributed by atoms with Crippen molar-refractivity contribution >= 4 is 36.4 Å². The van der Waals surface area contributed by atoms with E-state index in [4.69, 9.17) is 11.6 Å². The molecule has 126 valence electrons. The monoisotopic (exact) mass is 370 g/mol. The van der Waals surface area contributed by atoms with Crippen LogP contribution in [0.4, 0.5) is 4.39 Å². The predicted molar refractivity (Wildman–Crippen MR) is 94.2 cm³/mol. The number of halogens is 4. The van der Waals surface area contributed by atoms with Crippen LogP contribution in [0.3, 0.4) is 0 Å². The molecule has 0 amide bonds. The number of nitrogens with zero attached hydrogens (tertiary/aromatic N) is 1. The number of piperazine rings is 1. The number of nitrogens with one attached hydrogen (secondary N) is 1. The Hall–Kier alpha value is -0.520.